The van der Waals surface area contributed by atoms with Gasteiger partial charge in [-0.25, -0.2) is 4.98 Å². The molecule has 2 aromatic carbocycles. The Kier molecular flexibility index (Phi) is 5.56. The molecule has 6 bridgehead atoms. The van der Waals surface area contributed by atoms with E-state index in [2.05, 4.69) is 32.4 Å². The van der Waals surface area contributed by atoms with Crippen LogP contribution in [0.1, 0.15) is 34.9 Å². The molecule has 164 valence electrons. The van der Waals surface area contributed by atoms with Crippen LogP contribution in [0.15, 0.2) is 48.9 Å². The highest BCUT2D eigenvalue weighted by Crippen LogP contribution is 2.29. The molecule has 0 aliphatic carbocycles. The lowest BCUT2D eigenvalue weighted by Gasteiger charge is -2.34. The second-order valence-corrected chi connectivity index (χ2v) is 8.28. The molecular weight excluding hydrogens is 414 g/mol. The van der Waals surface area contributed by atoms with Gasteiger partial charge in [0.2, 0.25) is 5.91 Å². The lowest BCUT2D eigenvalue weighted by Crippen LogP contribution is -2.49. The van der Waals surface area contributed by atoms with Gasteiger partial charge in [-0.05, 0) is 48.4 Å². The number of aromatic nitrogens is 2. The van der Waals surface area contributed by atoms with Gasteiger partial charge in [0.05, 0.1) is 24.1 Å². The number of hydrogen-bond acceptors (Lipinski definition) is 5. The lowest BCUT2D eigenvalue weighted by molar-refractivity contribution is -0.136. The summed E-state index contributed by atoms with van der Waals surface area (Å²) in [6.07, 6.45) is 3.65. The van der Waals surface area contributed by atoms with E-state index in [-0.39, 0.29) is 5.91 Å². The quantitative estimate of drug-likeness (QED) is 0.505. The fourth-order valence-electron chi connectivity index (χ4n) is 4.30. The van der Waals surface area contributed by atoms with Gasteiger partial charge in [-0.15, -0.1) is 5.92 Å². The average Bonchev–Trinajstić information content (AvgIpc) is 3.23. The van der Waals surface area contributed by atoms with Gasteiger partial charge in [-0.2, -0.15) is 5.26 Å². The highest BCUT2D eigenvalue weighted by molar-refractivity contribution is 5.79. The molecule has 0 radical (unpaired) electrons. The van der Waals surface area contributed by atoms with Crippen LogP contribution in [0.25, 0.3) is 0 Å². The standard InChI is InChI=1S/C26H23N5O2/c1-2-3-20-6-7-24-11-22(20)15-30-9-8-29(17-26(30)32)16-23-13-28-18-31(23)14-19-4-5-21(12-27)25(10-19)33-24/h4-7,10-11,13,18H,8-9,14-17H2,1H3. The van der Waals surface area contributed by atoms with Crippen molar-refractivity contribution < 1.29 is 9.53 Å². The van der Waals surface area contributed by atoms with Gasteiger partial charge >= 0.3 is 0 Å². The Morgan fingerprint density at radius 1 is 1.03 bits per heavy atom. The number of rotatable bonds is 0. The molecule has 1 aromatic heterocycles. The summed E-state index contributed by atoms with van der Waals surface area (Å²) in [5.74, 6) is 7.30. The minimum atomic E-state index is 0.0955. The second-order valence-electron chi connectivity index (χ2n) is 8.28. The fraction of sp³-hybridized carbons (Fsp3) is 0.269. The third-order valence-corrected chi connectivity index (χ3v) is 6.03. The van der Waals surface area contributed by atoms with E-state index in [1.807, 2.05) is 41.4 Å². The first-order valence-corrected chi connectivity index (χ1v) is 10.9. The van der Waals surface area contributed by atoms with Gasteiger partial charge in [0.1, 0.15) is 17.6 Å². The number of amides is 1. The van der Waals surface area contributed by atoms with Crippen molar-refractivity contribution in [3.63, 3.8) is 0 Å². The first-order chi connectivity index (χ1) is 16.1. The number of benzene rings is 2. The highest BCUT2D eigenvalue weighted by Gasteiger charge is 2.25. The van der Waals surface area contributed by atoms with Crippen LogP contribution in [0.4, 0.5) is 0 Å². The van der Waals surface area contributed by atoms with Gasteiger partial charge in [-0.1, -0.05) is 12.0 Å². The number of carbonyl (C=O) groups is 1. The van der Waals surface area contributed by atoms with E-state index in [1.165, 1.54) is 0 Å². The molecule has 0 spiro atoms. The van der Waals surface area contributed by atoms with Crippen LogP contribution in [0.3, 0.4) is 0 Å². The zero-order valence-corrected chi connectivity index (χ0v) is 18.4. The third-order valence-electron chi connectivity index (χ3n) is 6.03. The van der Waals surface area contributed by atoms with E-state index >= 15 is 0 Å². The molecule has 0 N–H and O–H groups in total. The molecule has 4 heterocycles. The van der Waals surface area contributed by atoms with Gasteiger partial charge < -0.3 is 14.2 Å². The first-order valence-electron chi connectivity index (χ1n) is 10.9. The molecule has 1 fully saturated rings. The Hall–Kier alpha value is -4.07. The predicted molar refractivity (Wildman–Crippen MR) is 122 cm³/mol. The maximum Gasteiger partial charge on any atom is 0.237 e. The Balaban J connectivity index is 1.60. The van der Waals surface area contributed by atoms with Crippen LogP contribution in [0.2, 0.25) is 0 Å². The summed E-state index contributed by atoms with van der Waals surface area (Å²) in [5, 5.41) is 9.61. The molecule has 3 aliphatic heterocycles. The van der Waals surface area contributed by atoms with E-state index in [0.29, 0.717) is 49.8 Å². The smallest absolute Gasteiger partial charge is 0.237 e. The average molecular weight is 438 g/mol. The number of nitrogens with zero attached hydrogens (tertiary/aromatic N) is 5. The van der Waals surface area contributed by atoms with E-state index in [4.69, 9.17) is 4.74 Å². The molecule has 1 atom stereocenters. The van der Waals surface area contributed by atoms with Crippen LogP contribution in [-0.4, -0.2) is 44.9 Å². The van der Waals surface area contributed by atoms with Crippen molar-refractivity contribution in [3.05, 3.63) is 76.9 Å². The van der Waals surface area contributed by atoms with Gasteiger partial charge in [0.25, 0.3) is 0 Å². The Morgan fingerprint density at radius 2 is 1.91 bits per heavy atom. The van der Waals surface area contributed by atoms with Crippen molar-refractivity contribution in [1.29, 1.82) is 5.26 Å². The summed E-state index contributed by atoms with van der Waals surface area (Å²) < 4.78 is 8.26. The van der Waals surface area contributed by atoms with Crippen LogP contribution in [0, 0.1) is 23.2 Å². The van der Waals surface area contributed by atoms with Gasteiger partial charge in [0.15, 0.2) is 0 Å². The topological polar surface area (TPSA) is 74.4 Å². The van der Waals surface area contributed by atoms with E-state index in [0.717, 1.165) is 28.9 Å². The molecule has 1 saturated heterocycles. The summed E-state index contributed by atoms with van der Waals surface area (Å²) in [6, 6.07) is 13.5. The second kappa shape index (κ2) is 8.82. The van der Waals surface area contributed by atoms with Crippen LogP contribution in [0.5, 0.6) is 11.5 Å². The van der Waals surface area contributed by atoms with Crippen molar-refractivity contribution >= 4 is 5.91 Å². The number of nitriles is 1. The molecule has 3 aliphatic rings. The maximum atomic E-state index is 13.0. The fourth-order valence-corrected chi connectivity index (χ4v) is 4.30. The first kappa shape index (κ1) is 20.8. The van der Waals surface area contributed by atoms with Crippen molar-refractivity contribution in [2.45, 2.75) is 26.6 Å². The summed E-state index contributed by atoms with van der Waals surface area (Å²) in [7, 11) is 0. The van der Waals surface area contributed by atoms with Gasteiger partial charge in [0, 0.05) is 44.5 Å². The number of carbonyl (C=O) groups excluding carboxylic acids is 1. The highest BCUT2D eigenvalue weighted by atomic mass is 16.5. The van der Waals surface area contributed by atoms with Crippen LogP contribution in [-0.2, 0) is 24.4 Å². The normalized spacial score (nSPS) is 17.4. The molecule has 1 unspecified atom stereocenters. The summed E-state index contributed by atoms with van der Waals surface area (Å²) in [6.45, 7) is 5.33. The SMILES string of the molecule is CC#Cc1ccc2cc1CN1CCN(CC1=O)Cc1cncn1Cc1ccc(C#N)c(c1)O2. The molecule has 3 aromatic rings. The lowest BCUT2D eigenvalue weighted by atomic mass is 10.1. The molecule has 33 heavy (non-hydrogen) atoms. The van der Waals surface area contributed by atoms with Crippen molar-refractivity contribution in [2.24, 2.45) is 0 Å². The molecule has 1 amide bonds. The molecule has 0 saturated carbocycles. The number of hydrogen-bond donors (Lipinski definition) is 0. The Morgan fingerprint density at radius 3 is 2.73 bits per heavy atom. The van der Waals surface area contributed by atoms with Crippen molar-refractivity contribution in [1.82, 2.24) is 19.4 Å². The zero-order valence-electron chi connectivity index (χ0n) is 18.4. The zero-order chi connectivity index (χ0) is 22.8. The third kappa shape index (κ3) is 4.32. The summed E-state index contributed by atoms with van der Waals surface area (Å²) >= 11 is 0. The Bertz CT molecular complexity index is 1320. The largest absolute Gasteiger partial charge is 0.456 e. The minimum Gasteiger partial charge on any atom is -0.456 e. The number of piperazine rings is 1. The van der Waals surface area contributed by atoms with E-state index in [1.54, 1.807) is 19.3 Å². The molecule has 7 nitrogen and oxygen atoms in total. The number of imidazole rings is 1. The molecule has 7 heteroatoms. The number of ether oxygens (including phenoxy) is 1. The van der Waals surface area contributed by atoms with Crippen molar-refractivity contribution in [3.8, 4) is 29.4 Å². The van der Waals surface area contributed by atoms with Gasteiger partial charge in [-0.3, -0.25) is 9.69 Å². The van der Waals surface area contributed by atoms with Crippen molar-refractivity contribution in [2.75, 3.05) is 19.6 Å². The maximum absolute atomic E-state index is 13.0. The Labute approximate surface area is 192 Å². The van der Waals surface area contributed by atoms with Crippen LogP contribution >= 0.6 is 0 Å². The van der Waals surface area contributed by atoms with Crippen LogP contribution < -0.4 is 4.74 Å². The monoisotopic (exact) mass is 437 g/mol. The minimum absolute atomic E-state index is 0.0955. The number of fused-ring (bicyclic) bond motifs is 2. The predicted octanol–water partition coefficient (Wildman–Crippen LogP) is 3.12. The molecular formula is C26H23N5O2. The summed E-state index contributed by atoms with van der Waals surface area (Å²) in [5.41, 5.74) is 4.32. The summed E-state index contributed by atoms with van der Waals surface area (Å²) in [4.78, 5) is 21.3. The molecule has 6 rings (SSSR count). The van der Waals surface area contributed by atoms with E-state index < -0.39 is 0 Å². The van der Waals surface area contributed by atoms with E-state index in [9.17, 15) is 10.1 Å².